The summed E-state index contributed by atoms with van der Waals surface area (Å²) in [4.78, 5) is 7.91. The fourth-order valence-electron chi connectivity index (χ4n) is 2.28. The van der Waals surface area contributed by atoms with Crippen molar-refractivity contribution in [2.24, 2.45) is 5.73 Å². The van der Waals surface area contributed by atoms with Crippen LogP contribution in [0, 0.1) is 0 Å². The first kappa shape index (κ1) is 9.81. The summed E-state index contributed by atoms with van der Waals surface area (Å²) in [7, 11) is 0. The van der Waals surface area contributed by atoms with Gasteiger partial charge in [0.1, 0.15) is 5.82 Å². The first-order valence-electron chi connectivity index (χ1n) is 5.63. The Morgan fingerprint density at radius 2 is 2.25 bits per heavy atom. The van der Waals surface area contributed by atoms with Gasteiger partial charge in [-0.2, -0.15) is 0 Å². The number of hydrogen-bond donors (Lipinski definition) is 3. The average Bonchev–Trinajstić information content (AvgIpc) is 2.67. The summed E-state index contributed by atoms with van der Waals surface area (Å²) in [5.74, 6) is 1.37. The van der Waals surface area contributed by atoms with Gasteiger partial charge in [-0.1, -0.05) is 12.1 Å². The molecule has 3 rings (SSSR count). The molecule has 2 aromatic rings. The van der Waals surface area contributed by atoms with Gasteiger partial charge in [-0.3, -0.25) is 0 Å². The largest absolute Gasteiger partial charge is 0.393 e. The molecule has 1 saturated carbocycles. The van der Waals surface area contributed by atoms with Crippen LogP contribution in [-0.4, -0.2) is 21.2 Å². The number of H-pyrrole nitrogens is 1. The molecule has 1 aromatic carbocycles. The lowest BCUT2D eigenvalue weighted by Crippen LogP contribution is -2.27. The van der Waals surface area contributed by atoms with E-state index in [0.29, 0.717) is 12.5 Å². The summed E-state index contributed by atoms with van der Waals surface area (Å²) in [6, 6.07) is 6.00. The van der Waals surface area contributed by atoms with Crippen molar-refractivity contribution in [2.45, 2.75) is 31.4 Å². The predicted octanol–water partition coefficient (Wildman–Crippen LogP) is 1.26. The number of para-hydroxylation sites is 1. The maximum Gasteiger partial charge on any atom is 0.110 e. The number of aromatic amines is 1. The molecular formula is C12H15N3O. The van der Waals surface area contributed by atoms with Gasteiger partial charge in [0, 0.05) is 12.5 Å². The standard InChI is InChI=1S/C12H15N3O/c13-6-7-2-1-3-10-11(7)15-12(14-10)8-4-9(16)5-8/h1-3,8-9,16H,4-6,13H2,(H,14,15). The molecule has 0 atom stereocenters. The van der Waals surface area contributed by atoms with Gasteiger partial charge >= 0.3 is 0 Å². The number of nitrogens with one attached hydrogen (secondary N) is 1. The molecule has 84 valence electrons. The normalized spacial score (nSPS) is 24.6. The Balaban J connectivity index is 2.02. The third-order valence-corrected chi connectivity index (χ3v) is 3.33. The topological polar surface area (TPSA) is 74.9 Å². The summed E-state index contributed by atoms with van der Waals surface area (Å²) in [5, 5.41) is 9.29. The second-order valence-electron chi connectivity index (χ2n) is 4.46. The van der Waals surface area contributed by atoms with Crippen LogP contribution in [0.15, 0.2) is 18.2 Å². The van der Waals surface area contributed by atoms with Gasteiger partial charge in [0.25, 0.3) is 0 Å². The number of benzene rings is 1. The highest BCUT2D eigenvalue weighted by atomic mass is 16.3. The molecule has 1 aliphatic carbocycles. The summed E-state index contributed by atoms with van der Waals surface area (Å²) in [6.07, 6.45) is 1.49. The minimum Gasteiger partial charge on any atom is -0.393 e. The molecule has 1 heterocycles. The Morgan fingerprint density at radius 3 is 2.94 bits per heavy atom. The van der Waals surface area contributed by atoms with Crippen molar-refractivity contribution in [1.82, 2.24) is 9.97 Å². The Labute approximate surface area is 93.5 Å². The fraction of sp³-hybridized carbons (Fsp3) is 0.417. The van der Waals surface area contributed by atoms with Crippen LogP contribution in [0.25, 0.3) is 11.0 Å². The summed E-state index contributed by atoms with van der Waals surface area (Å²) < 4.78 is 0. The number of aliphatic hydroxyl groups is 1. The van der Waals surface area contributed by atoms with Crippen LogP contribution in [0.1, 0.15) is 30.1 Å². The van der Waals surface area contributed by atoms with Crippen LogP contribution in [0.2, 0.25) is 0 Å². The van der Waals surface area contributed by atoms with Crippen molar-refractivity contribution in [3.8, 4) is 0 Å². The van der Waals surface area contributed by atoms with E-state index in [9.17, 15) is 5.11 Å². The smallest absolute Gasteiger partial charge is 0.110 e. The fourth-order valence-corrected chi connectivity index (χ4v) is 2.28. The molecule has 0 spiro atoms. The van der Waals surface area contributed by atoms with E-state index in [2.05, 4.69) is 9.97 Å². The maximum atomic E-state index is 9.29. The van der Waals surface area contributed by atoms with E-state index in [1.54, 1.807) is 0 Å². The number of nitrogens with two attached hydrogens (primary N) is 1. The second-order valence-corrected chi connectivity index (χ2v) is 4.46. The van der Waals surface area contributed by atoms with Gasteiger partial charge in [0.05, 0.1) is 17.1 Å². The molecule has 1 aromatic heterocycles. The lowest BCUT2D eigenvalue weighted by atomic mass is 9.82. The Hall–Kier alpha value is -1.39. The molecule has 0 saturated heterocycles. The number of fused-ring (bicyclic) bond motifs is 1. The lowest BCUT2D eigenvalue weighted by molar-refractivity contribution is 0.0720. The molecule has 1 fully saturated rings. The van der Waals surface area contributed by atoms with Gasteiger partial charge in [-0.25, -0.2) is 4.98 Å². The molecule has 4 N–H and O–H groups in total. The molecule has 0 radical (unpaired) electrons. The monoisotopic (exact) mass is 217 g/mol. The van der Waals surface area contributed by atoms with Gasteiger partial charge < -0.3 is 15.8 Å². The molecule has 16 heavy (non-hydrogen) atoms. The van der Waals surface area contributed by atoms with Crippen LogP contribution in [0.5, 0.6) is 0 Å². The highest BCUT2D eigenvalue weighted by molar-refractivity contribution is 5.78. The lowest BCUT2D eigenvalue weighted by Gasteiger charge is -2.29. The van der Waals surface area contributed by atoms with E-state index < -0.39 is 0 Å². The van der Waals surface area contributed by atoms with Crippen LogP contribution < -0.4 is 5.73 Å². The molecule has 0 unspecified atom stereocenters. The number of hydrogen-bond acceptors (Lipinski definition) is 3. The number of aliphatic hydroxyl groups excluding tert-OH is 1. The van der Waals surface area contributed by atoms with Crippen LogP contribution in [-0.2, 0) is 6.54 Å². The third kappa shape index (κ3) is 1.42. The first-order chi connectivity index (χ1) is 7.78. The molecule has 0 bridgehead atoms. The highest BCUT2D eigenvalue weighted by Gasteiger charge is 2.30. The molecule has 0 aliphatic heterocycles. The van der Waals surface area contributed by atoms with Gasteiger partial charge in [0.2, 0.25) is 0 Å². The minimum atomic E-state index is -0.146. The van der Waals surface area contributed by atoms with Gasteiger partial charge in [0.15, 0.2) is 0 Å². The predicted molar refractivity (Wildman–Crippen MR) is 62.0 cm³/mol. The Bertz CT molecular complexity index is 514. The van der Waals surface area contributed by atoms with E-state index in [4.69, 9.17) is 5.73 Å². The van der Waals surface area contributed by atoms with E-state index in [1.807, 2.05) is 18.2 Å². The van der Waals surface area contributed by atoms with E-state index in [-0.39, 0.29) is 6.10 Å². The van der Waals surface area contributed by atoms with Crippen LogP contribution >= 0.6 is 0 Å². The summed E-state index contributed by atoms with van der Waals surface area (Å²) >= 11 is 0. The van der Waals surface area contributed by atoms with Crippen LogP contribution in [0.3, 0.4) is 0 Å². The van der Waals surface area contributed by atoms with Crippen molar-refractivity contribution < 1.29 is 5.11 Å². The highest BCUT2D eigenvalue weighted by Crippen LogP contribution is 2.36. The summed E-state index contributed by atoms with van der Waals surface area (Å²) in [6.45, 7) is 0.509. The minimum absolute atomic E-state index is 0.146. The molecular weight excluding hydrogens is 202 g/mol. The van der Waals surface area contributed by atoms with E-state index in [0.717, 1.165) is 35.3 Å². The average molecular weight is 217 g/mol. The summed E-state index contributed by atoms with van der Waals surface area (Å²) in [5.41, 5.74) is 8.76. The van der Waals surface area contributed by atoms with E-state index in [1.165, 1.54) is 0 Å². The van der Waals surface area contributed by atoms with Crippen molar-refractivity contribution in [3.63, 3.8) is 0 Å². The molecule has 4 heteroatoms. The first-order valence-corrected chi connectivity index (χ1v) is 5.63. The van der Waals surface area contributed by atoms with Gasteiger partial charge in [-0.05, 0) is 24.5 Å². The van der Waals surface area contributed by atoms with Crippen LogP contribution in [0.4, 0.5) is 0 Å². The van der Waals surface area contributed by atoms with Gasteiger partial charge in [-0.15, -0.1) is 0 Å². The Morgan fingerprint density at radius 1 is 1.44 bits per heavy atom. The maximum absolute atomic E-state index is 9.29. The number of rotatable bonds is 2. The van der Waals surface area contributed by atoms with Crippen molar-refractivity contribution in [2.75, 3.05) is 0 Å². The zero-order chi connectivity index (χ0) is 11.1. The molecule has 1 aliphatic rings. The zero-order valence-electron chi connectivity index (χ0n) is 8.98. The third-order valence-electron chi connectivity index (χ3n) is 3.33. The molecule has 0 amide bonds. The zero-order valence-corrected chi connectivity index (χ0v) is 8.98. The number of aromatic nitrogens is 2. The van der Waals surface area contributed by atoms with Crippen molar-refractivity contribution in [3.05, 3.63) is 29.6 Å². The van der Waals surface area contributed by atoms with E-state index >= 15 is 0 Å². The van der Waals surface area contributed by atoms with Crippen molar-refractivity contribution in [1.29, 1.82) is 0 Å². The second kappa shape index (κ2) is 3.57. The Kier molecular flexibility index (Phi) is 2.19. The van der Waals surface area contributed by atoms with Crippen molar-refractivity contribution >= 4 is 11.0 Å². The number of nitrogens with zero attached hydrogens (tertiary/aromatic N) is 1. The SMILES string of the molecule is NCc1cccc2[nH]c(C3CC(O)C3)nc12. The number of imidazole rings is 1. The molecule has 4 nitrogen and oxygen atoms in total. The quantitative estimate of drug-likeness (QED) is 0.709.